The molecule has 2 aromatic rings. The Balaban J connectivity index is 1.17. The molecule has 2 aromatic carbocycles. The zero-order chi connectivity index (χ0) is 23.6. The minimum absolute atomic E-state index is 0.0859. The predicted molar refractivity (Wildman–Crippen MR) is 129 cm³/mol. The summed E-state index contributed by atoms with van der Waals surface area (Å²) in [5.74, 6) is 1.74. The van der Waals surface area contributed by atoms with E-state index in [4.69, 9.17) is 23.7 Å². The van der Waals surface area contributed by atoms with Gasteiger partial charge in [-0.3, -0.25) is 0 Å². The molecule has 2 saturated heterocycles. The first kappa shape index (κ1) is 24.1. The summed E-state index contributed by atoms with van der Waals surface area (Å²) in [7, 11) is 3.37. The van der Waals surface area contributed by atoms with Crippen LogP contribution in [0.25, 0.3) is 0 Å². The van der Waals surface area contributed by atoms with Gasteiger partial charge in [-0.1, -0.05) is 52.0 Å². The van der Waals surface area contributed by atoms with Gasteiger partial charge in [0.25, 0.3) is 0 Å². The van der Waals surface area contributed by atoms with Crippen molar-refractivity contribution in [3.05, 3.63) is 59.7 Å². The second-order valence-electron chi connectivity index (χ2n) is 10.4. The van der Waals surface area contributed by atoms with Crippen LogP contribution < -0.4 is 9.47 Å². The van der Waals surface area contributed by atoms with E-state index in [1.807, 2.05) is 24.3 Å². The second kappa shape index (κ2) is 9.65. The molecule has 180 valence electrons. The van der Waals surface area contributed by atoms with Crippen LogP contribution in [0.5, 0.6) is 11.5 Å². The first-order valence-electron chi connectivity index (χ1n) is 11.9. The van der Waals surface area contributed by atoms with E-state index >= 15 is 0 Å². The fourth-order valence-electron chi connectivity index (χ4n) is 5.16. The van der Waals surface area contributed by atoms with Crippen LogP contribution >= 0.6 is 0 Å². The monoisotopic (exact) mass is 454 g/mol. The lowest BCUT2D eigenvalue weighted by Crippen LogP contribution is -2.51. The number of hydrogen-bond donors (Lipinski definition) is 0. The number of rotatable bonds is 10. The van der Waals surface area contributed by atoms with E-state index in [0.29, 0.717) is 13.2 Å². The van der Waals surface area contributed by atoms with Gasteiger partial charge in [0.15, 0.2) is 0 Å². The van der Waals surface area contributed by atoms with Crippen molar-refractivity contribution >= 4 is 0 Å². The molecule has 5 nitrogen and oxygen atoms in total. The minimum atomic E-state index is 0.0859. The molecule has 5 heteroatoms. The molecule has 4 rings (SSSR count). The summed E-state index contributed by atoms with van der Waals surface area (Å²) in [6.45, 7) is 10.5. The van der Waals surface area contributed by atoms with Gasteiger partial charge in [0.05, 0.1) is 38.6 Å². The maximum atomic E-state index is 6.23. The highest BCUT2D eigenvalue weighted by molar-refractivity contribution is 5.31. The van der Waals surface area contributed by atoms with Gasteiger partial charge in [-0.15, -0.1) is 0 Å². The summed E-state index contributed by atoms with van der Waals surface area (Å²) in [5, 5.41) is 0. The Morgan fingerprint density at radius 1 is 0.636 bits per heavy atom. The smallest absolute Gasteiger partial charge is 0.118 e. The van der Waals surface area contributed by atoms with Crippen molar-refractivity contribution in [2.45, 2.75) is 65.0 Å². The lowest BCUT2D eigenvalue weighted by atomic mass is 9.71. The Morgan fingerprint density at radius 2 is 1.00 bits per heavy atom. The van der Waals surface area contributed by atoms with E-state index < -0.39 is 0 Å². The fourth-order valence-corrected chi connectivity index (χ4v) is 5.16. The molecule has 0 radical (unpaired) electrons. The Bertz CT molecular complexity index is 827. The molecule has 0 aromatic heterocycles. The van der Waals surface area contributed by atoms with Crippen molar-refractivity contribution in [2.24, 2.45) is 10.8 Å². The van der Waals surface area contributed by atoms with Gasteiger partial charge in [0.1, 0.15) is 11.5 Å². The highest BCUT2D eigenvalue weighted by Gasteiger charge is 2.51. The van der Waals surface area contributed by atoms with Crippen LogP contribution in [0.1, 0.15) is 63.9 Å². The average molecular weight is 455 g/mol. The molecule has 33 heavy (non-hydrogen) atoms. The van der Waals surface area contributed by atoms with Crippen LogP contribution in [0, 0.1) is 10.8 Å². The van der Waals surface area contributed by atoms with Gasteiger partial charge >= 0.3 is 0 Å². The first-order valence-corrected chi connectivity index (χ1v) is 11.9. The number of benzene rings is 2. The number of methoxy groups -OCH3 is 2. The molecular weight excluding hydrogens is 416 g/mol. The van der Waals surface area contributed by atoms with Crippen molar-refractivity contribution in [3.8, 4) is 11.5 Å². The van der Waals surface area contributed by atoms with Gasteiger partial charge in [-0.2, -0.15) is 0 Å². The highest BCUT2D eigenvalue weighted by Crippen LogP contribution is 2.53. The number of ether oxygens (including phenoxy) is 5. The van der Waals surface area contributed by atoms with Crippen LogP contribution in [-0.2, 0) is 14.2 Å². The lowest BCUT2D eigenvalue weighted by Gasteiger charge is -2.52. The van der Waals surface area contributed by atoms with E-state index in [1.165, 1.54) is 11.1 Å². The van der Waals surface area contributed by atoms with Gasteiger partial charge in [0, 0.05) is 24.0 Å². The zero-order valence-corrected chi connectivity index (χ0v) is 20.8. The zero-order valence-electron chi connectivity index (χ0n) is 20.8. The lowest BCUT2D eigenvalue weighted by molar-refractivity contribution is -0.249. The summed E-state index contributed by atoms with van der Waals surface area (Å²) >= 11 is 0. The van der Waals surface area contributed by atoms with Gasteiger partial charge < -0.3 is 23.7 Å². The fraction of sp³-hybridized carbons (Fsp3) is 0.571. The standard InChI is InChI=1S/C28H38O5/c1-27(2)23(32-25(27)19-7-11-21(29-5)12-8-19)15-17-31-18-16-24-28(3,4)26(33-24)20-9-13-22(30-6)14-10-20/h7-14,23-26H,15-18H2,1-6H3. The van der Waals surface area contributed by atoms with Crippen molar-refractivity contribution in [2.75, 3.05) is 27.4 Å². The molecule has 2 aliphatic heterocycles. The molecule has 4 unspecified atom stereocenters. The second-order valence-corrected chi connectivity index (χ2v) is 10.4. The Morgan fingerprint density at radius 3 is 1.30 bits per heavy atom. The Labute approximate surface area is 198 Å². The molecule has 2 heterocycles. The summed E-state index contributed by atoms with van der Waals surface area (Å²) in [6, 6.07) is 16.4. The van der Waals surface area contributed by atoms with Crippen LogP contribution in [-0.4, -0.2) is 39.6 Å². The third kappa shape index (κ3) is 4.77. The van der Waals surface area contributed by atoms with Crippen LogP contribution in [0.4, 0.5) is 0 Å². The van der Waals surface area contributed by atoms with Crippen molar-refractivity contribution < 1.29 is 23.7 Å². The van der Waals surface area contributed by atoms with Crippen LogP contribution in [0.15, 0.2) is 48.5 Å². The Kier molecular flexibility index (Phi) is 7.04. The Hall–Kier alpha value is -2.08. The average Bonchev–Trinajstić information content (AvgIpc) is 2.82. The molecule has 2 fully saturated rings. The highest BCUT2D eigenvalue weighted by atomic mass is 16.5. The van der Waals surface area contributed by atoms with Crippen molar-refractivity contribution in [1.29, 1.82) is 0 Å². The largest absolute Gasteiger partial charge is 0.497 e. The molecule has 0 spiro atoms. The van der Waals surface area contributed by atoms with E-state index in [-0.39, 0.29) is 35.2 Å². The molecule has 0 amide bonds. The number of hydrogen-bond acceptors (Lipinski definition) is 5. The molecule has 4 atom stereocenters. The molecule has 0 aliphatic carbocycles. The topological polar surface area (TPSA) is 46.2 Å². The maximum absolute atomic E-state index is 6.23. The third-order valence-corrected chi connectivity index (χ3v) is 7.50. The molecule has 2 aliphatic rings. The first-order chi connectivity index (χ1) is 15.8. The minimum Gasteiger partial charge on any atom is -0.497 e. The predicted octanol–water partition coefficient (Wildman–Crippen LogP) is 6.13. The maximum Gasteiger partial charge on any atom is 0.118 e. The van der Waals surface area contributed by atoms with E-state index in [0.717, 1.165) is 24.3 Å². The van der Waals surface area contributed by atoms with E-state index in [2.05, 4.69) is 52.0 Å². The molecular formula is C28H38O5. The molecule has 0 N–H and O–H groups in total. The SMILES string of the molecule is COc1ccc(C2OC(CCOCCC3OC(c4ccc(OC)cc4)C3(C)C)C2(C)C)cc1. The molecule has 0 saturated carbocycles. The molecule has 0 bridgehead atoms. The normalized spacial score (nSPS) is 27.3. The van der Waals surface area contributed by atoms with Crippen molar-refractivity contribution in [1.82, 2.24) is 0 Å². The van der Waals surface area contributed by atoms with E-state index in [1.54, 1.807) is 14.2 Å². The summed E-state index contributed by atoms with van der Waals surface area (Å²) in [4.78, 5) is 0. The van der Waals surface area contributed by atoms with Gasteiger partial charge in [-0.25, -0.2) is 0 Å². The van der Waals surface area contributed by atoms with Crippen LogP contribution in [0.2, 0.25) is 0 Å². The summed E-state index contributed by atoms with van der Waals surface area (Å²) < 4.78 is 29.0. The van der Waals surface area contributed by atoms with E-state index in [9.17, 15) is 0 Å². The summed E-state index contributed by atoms with van der Waals surface area (Å²) in [6.07, 6.45) is 2.47. The summed E-state index contributed by atoms with van der Waals surface area (Å²) in [5.41, 5.74) is 2.58. The quantitative estimate of drug-likeness (QED) is 0.404. The van der Waals surface area contributed by atoms with Crippen molar-refractivity contribution in [3.63, 3.8) is 0 Å². The van der Waals surface area contributed by atoms with Crippen LogP contribution in [0.3, 0.4) is 0 Å². The van der Waals surface area contributed by atoms with Gasteiger partial charge in [0.2, 0.25) is 0 Å². The van der Waals surface area contributed by atoms with Gasteiger partial charge in [-0.05, 0) is 48.2 Å². The third-order valence-electron chi connectivity index (χ3n) is 7.50.